The molecule has 1 aliphatic heterocycles. The molecule has 0 bridgehead atoms. The lowest BCUT2D eigenvalue weighted by Crippen LogP contribution is -2.35. The Kier molecular flexibility index (Phi) is 6.97. The van der Waals surface area contributed by atoms with Crippen molar-refractivity contribution in [1.82, 2.24) is 10.2 Å². The van der Waals surface area contributed by atoms with Gasteiger partial charge in [-0.05, 0) is 50.6 Å². The highest BCUT2D eigenvalue weighted by Crippen LogP contribution is 2.22. The summed E-state index contributed by atoms with van der Waals surface area (Å²) in [5, 5.41) is 4.46. The molecule has 0 amide bonds. The third-order valence-electron chi connectivity index (χ3n) is 4.19. The Balaban J connectivity index is 1.92. The molecule has 21 heavy (non-hydrogen) atoms. The van der Waals surface area contributed by atoms with Crippen LogP contribution < -0.4 is 5.32 Å². The molecule has 2 unspecified atom stereocenters. The summed E-state index contributed by atoms with van der Waals surface area (Å²) in [6.07, 6.45) is 3.39. The second kappa shape index (κ2) is 8.74. The van der Waals surface area contributed by atoms with E-state index in [1.165, 1.54) is 5.56 Å². The molecular weight excluding hydrogens is 284 g/mol. The summed E-state index contributed by atoms with van der Waals surface area (Å²) < 4.78 is 5.48. The van der Waals surface area contributed by atoms with Crippen LogP contribution in [0, 0.1) is 0 Å². The van der Waals surface area contributed by atoms with Crippen LogP contribution in [0.4, 0.5) is 0 Å². The fraction of sp³-hybridized carbons (Fsp3) is 0.647. The van der Waals surface area contributed by atoms with E-state index in [1.54, 1.807) is 0 Å². The van der Waals surface area contributed by atoms with Crippen molar-refractivity contribution in [3.05, 3.63) is 34.9 Å². The second-order valence-electron chi connectivity index (χ2n) is 5.85. The van der Waals surface area contributed by atoms with Crippen molar-refractivity contribution in [1.29, 1.82) is 0 Å². The van der Waals surface area contributed by atoms with Crippen LogP contribution in [0.5, 0.6) is 0 Å². The molecule has 1 heterocycles. The predicted octanol–water partition coefficient (Wildman–Crippen LogP) is 3.49. The maximum Gasteiger partial charge on any atom is 0.0622 e. The molecule has 0 aromatic heterocycles. The third kappa shape index (κ3) is 5.26. The second-order valence-corrected chi connectivity index (χ2v) is 6.28. The molecule has 1 saturated heterocycles. The van der Waals surface area contributed by atoms with E-state index in [9.17, 15) is 0 Å². The molecule has 1 fully saturated rings. The van der Waals surface area contributed by atoms with Crippen molar-refractivity contribution < 1.29 is 4.74 Å². The number of hydrogen-bond donors (Lipinski definition) is 1. The van der Waals surface area contributed by atoms with Crippen LogP contribution in [-0.2, 0) is 4.74 Å². The summed E-state index contributed by atoms with van der Waals surface area (Å²) in [5.74, 6) is 0. The Morgan fingerprint density at radius 2 is 2.33 bits per heavy atom. The zero-order valence-electron chi connectivity index (χ0n) is 13.1. The normalized spacial score (nSPS) is 20.1. The molecule has 1 N–H and O–H groups in total. The average molecular weight is 311 g/mol. The first kappa shape index (κ1) is 16.8. The summed E-state index contributed by atoms with van der Waals surface area (Å²) in [7, 11) is 2.20. The standard InChI is InChI=1S/C17H27ClN2O/c1-3-9-19-17(14-5-4-6-15(18)12-14)7-10-20(2)16-8-11-21-13-16/h4-6,12,16-17,19H,3,7-11,13H2,1-2H3. The topological polar surface area (TPSA) is 24.5 Å². The predicted molar refractivity (Wildman–Crippen MR) is 89.0 cm³/mol. The molecule has 0 aliphatic carbocycles. The van der Waals surface area contributed by atoms with Gasteiger partial charge in [0.2, 0.25) is 0 Å². The minimum absolute atomic E-state index is 0.369. The minimum atomic E-state index is 0.369. The molecule has 1 aromatic rings. The van der Waals surface area contributed by atoms with Crippen LogP contribution >= 0.6 is 11.6 Å². The van der Waals surface area contributed by atoms with Gasteiger partial charge in [0.15, 0.2) is 0 Å². The molecule has 4 heteroatoms. The number of nitrogens with one attached hydrogen (secondary N) is 1. The summed E-state index contributed by atoms with van der Waals surface area (Å²) in [6, 6.07) is 9.16. The lowest BCUT2D eigenvalue weighted by Gasteiger charge is -2.26. The highest BCUT2D eigenvalue weighted by Gasteiger charge is 2.21. The highest BCUT2D eigenvalue weighted by molar-refractivity contribution is 6.30. The van der Waals surface area contributed by atoms with Gasteiger partial charge in [0.05, 0.1) is 6.61 Å². The molecule has 0 radical (unpaired) electrons. The summed E-state index contributed by atoms with van der Waals surface area (Å²) in [4.78, 5) is 2.43. The van der Waals surface area contributed by atoms with E-state index < -0.39 is 0 Å². The van der Waals surface area contributed by atoms with Gasteiger partial charge >= 0.3 is 0 Å². The van der Waals surface area contributed by atoms with Crippen molar-refractivity contribution in [2.24, 2.45) is 0 Å². The van der Waals surface area contributed by atoms with Gasteiger partial charge in [0, 0.05) is 30.3 Å². The van der Waals surface area contributed by atoms with Gasteiger partial charge in [-0.25, -0.2) is 0 Å². The Labute approximate surface area is 133 Å². The van der Waals surface area contributed by atoms with E-state index >= 15 is 0 Å². The molecule has 0 spiro atoms. The van der Waals surface area contributed by atoms with Crippen LogP contribution in [-0.4, -0.2) is 44.3 Å². The van der Waals surface area contributed by atoms with Gasteiger partial charge in [-0.2, -0.15) is 0 Å². The molecule has 2 rings (SSSR count). The number of ether oxygens (including phenoxy) is 1. The summed E-state index contributed by atoms with van der Waals surface area (Å²) >= 11 is 6.13. The number of nitrogens with zero attached hydrogens (tertiary/aromatic N) is 1. The van der Waals surface area contributed by atoms with Crippen LogP contribution in [0.3, 0.4) is 0 Å². The van der Waals surface area contributed by atoms with Crippen molar-refractivity contribution in [2.75, 3.05) is 33.4 Å². The summed E-state index contributed by atoms with van der Waals surface area (Å²) in [5.41, 5.74) is 1.28. The Morgan fingerprint density at radius 1 is 1.48 bits per heavy atom. The number of benzene rings is 1. The molecule has 3 nitrogen and oxygen atoms in total. The van der Waals surface area contributed by atoms with Gasteiger partial charge in [-0.1, -0.05) is 30.7 Å². The molecule has 1 aromatic carbocycles. The van der Waals surface area contributed by atoms with E-state index in [-0.39, 0.29) is 0 Å². The number of likely N-dealkylation sites (N-methyl/N-ethyl adjacent to an activating group) is 1. The van der Waals surface area contributed by atoms with Crippen molar-refractivity contribution in [3.63, 3.8) is 0 Å². The van der Waals surface area contributed by atoms with Gasteiger partial charge in [-0.15, -0.1) is 0 Å². The third-order valence-corrected chi connectivity index (χ3v) is 4.43. The van der Waals surface area contributed by atoms with Crippen LogP contribution in [0.1, 0.15) is 37.8 Å². The lowest BCUT2D eigenvalue weighted by atomic mass is 10.0. The fourth-order valence-corrected chi connectivity index (χ4v) is 3.01. The fourth-order valence-electron chi connectivity index (χ4n) is 2.81. The van der Waals surface area contributed by atoms with Crippen molar-refractivity contribution >= 4 is 11.6 Å². The summed E-state index contributed by atoms with van der Waals surface area (Å²) in [6.45, 7) is 6.08. The molecule has 0 saturated carbocycles. The van der Waals surface area contributed by atoms with Gasteiger partial charge in [0.25, 0.3) is 0 Å². The number of halogens is 1. The van der Waals surface area contributed by atoms with Crippen molar-refractivity contribution in [3.8, 4) is 0 Å². The van der Waals surface area contributed by atoms with Gasteiger partial charge in [0.1, 0.15) is 0 Å². The average Bonchev–Trinajstić information content (AvgIpc) is 3.01. The molecule has 2 atom stereocenters. The first-order valence-corrected chi connectivity index (χ1v) is 8.35. The number of rotatable bonds is 8. The Morgan fingerprint density at radius 3 is 3.00 bits per heavy atom. The maximum atomic E-state index is 6.13. The largest absolute Gasteiger partial charge is 0.380 e. The monoisotopic (exact) mass is 310 g/mol. The van der Waals surface area contributed by atoms with Crippen LogP contribution in [0.2, 0.25) is 5.02 Å². The zero-order chi connectivity index (χ0) is 15.1. The van der Waals surface area contributed by atoms with E-state index in [0.717, 1.165) is 50.6 Å². The smallest absolute Gasteiger partial charge is 0.0622 e. The molecule has 118 valence electrons. The first-order valence-electron chi connectivity index (χ1n) is 7.97. The van der Waals surface area contributed by atoms with Gasteiger partial charge in [-0.3, -0.25) is 0 Å². The van der Waals surface area contributed by atoms with E-state index in [4.69, 9.17) is 16.3 Å². The van der Waals surface area contributed by atoms with E-state index in [2.05, 4.69) is 36.3 Å². The van der Waals surface area contributed by atoms with Crippen molar-refractivity contribution in [2.45, 2.75) is 38.3 Å². The minimum Gasteiger partial charge on any atom is -0.380 e. The SMILES string of the molecule is CCCNC(CCN(C)C1CCOC1)c1cccc(Cl)c1. The van der Waals surface area contributed by atoms with Crippen LogP contribution in [0.15, 0.2) is 24.3 Å². The van der Waals surface area contributed by atoms with E-state index in [0.29, 0.717) is 12.1 Å². The first-order chi connectivity index (χ1) is 10.2. The lowest BCUT2D eigenvalue weighted by molar-refractivity contribution is 0.156. The Hall–Kier alpha value is -0.610. The maximum absolute atomic E-state index is 6.13. The number of hydrogen-bond acceptors (Lipinski definition) is 3. The highest BCUT2D eigenvalue weighted by atomic mass is 35.5. The Bertz CT molecular complexity index is 421. The van der Waals surface area contributed by atoms with Crippen LogP contribution in [0.25, 0.3) is 0 Å². The quantitative estimate of drug-likeness (QED) is 0.795. The molecular formula is C17H27ClN2O. The van der Waals surface area contributed by atoms with Gasteiger partial charge < -0.3 is 15.0 Å². The molecule has 1 aliphatic rings. The zero-order valence-corrected chi connectivity index (χ0v) is 13.9. The van der Waals surface area contributed by atoms with E-state index in [1.807, 2.05) is 12.1 Å².